The van der Waals surface area contributed by atoms with Gasteiger partial charge in [-0.15, -0.1) is 0 Å². The van der Waals surface area contributed by atoms with Gasteiger partial charge in [0.2, 0.25) is 0 Å². The molecular weight excluding hydrogens is 586 g/mol. The molecule has 6 rings (SSSR count). The van der Waals surface area contributed by atoms with E-state index in [1.165, 1.54) is 6.07 Å². The van der Waals surface area contributed by atoms with Gasteiger partial charge in [0.25, 0.3) is 15.9 Å². The van der Waals surface area contributed by atoms with Gasteiger partial charge in [0.05, 0.1) is 17.3 Å². The summed E-state index contributed by atoms with van der Waals surface area (Å²) in [5.74, 6) is 0.971. The smallest absolute Gasteiger partial charge is 0.281 e. The third-order valence-electron chi connectivity index (χ3n) is 9.42. The Morgan fingerprint density at radius 3 is 2.38 bits per heavy atom. The molecule has 240 valence electrons. The minimum absolute atomic E-state index is 0.174. The van der Waals surface area contributed by atoms with Gasteiger partial charge in [-0.05, 0) is 101 Å². The second kappa shape index (κ2) is 12.0. The average molecular weight is 632 g/mol. The van der Waals surface area contributed by atoms with Gasteiger partial charge >= 0.3 is 0 Å². The number of carbonyl (C=O) groups is 1. The molecule has 0 unspecified atom stereocenters. The largest absolute Gasteiger partial charge is 0.362 e. The number of rotatable bonds is 2. The number of nitrogens with zero attached hydrogens (tertiary/aromatic N) is 4. The molecule has 10 nitrogen and oxygen atoms in total. The number of amides is 1. The van der Waals surface area contributed by atoms with Crippen LogP contribution in [0.4, 0.5) is 11.6 Å². The van der Waals surface area contributed by atoms with E-state index in [4.69, 9.17) is 9.97 Å². The van der Waals surface area contributed by atoms with Crippen LogP contribution in [0, 0.1) is 5.92 Å². The van der Waals surface area contributed by atoms with Gasteiger partial charge in [-0.1, -0.05) is 32.9 Å². The average Bonchev–Trinajstić information content (AvgIpc) is 3.32. The highest BCUT2D eigenvalue weighted by atomic mass is 32.2. The molecule has 3 N–H and O–H groups in total. The summed E-state index contributed by atoms with van der Waals surface area (Å²) in [5.41, 5.74) is 2.56. The van der Waals surface area contributed by atoms with Gasteiger partial charge in [0.15, 0.2) is 5.03 Å². The number of carbonyl (C=O) groups excluding carboxylic acids is 1. The molecule has 0 radical (unpaired) electrons. The van der Waals surface area contributed by atoms with E-state index in [1.807, 2.05) is 6.07 Å². The zero-order valence-corrected chi connectivity index (χ0v) is 27.7. The van der Waals surface area contributed by atoms with E-state index < -0.39 is 15.9 Å². The lowest BCUT2D eigenvalue weighted by Gasteiger charge is -2.34. The lowest BCUT2D eigenvalue weighted by molar-refractivity contribution is 0.0981. The topological polar surface area (TPSA) is 129 Å². The molecule has 2 saturated heterocycles. The van der Waals surface area contributed by atoms with Crippen molar-refractivity contribution in [3.8, 4) is 0 Å². The minimum atomic E-state index is -4.27. The highest BCUT2D eigenvalue weighted by Gasteiger charge is 2.41. The summed E-state index contributed by atoms with van der Waals surface area (Å²) < 4.78 is 29.3. The number of anilines is 2. The second-order valence-electron chi connectivity index (χ2n) is 14.4. The first-order valence-corrected chi connectivity index (χ1v) is 17.6. The van der Waals surface area contributed by atoms with Crippen LogP contribution >= 0.6 is 0 Å². The third kappa shape index (κ3) is 6.70. The number of sulfonamides is 1. The quantitative estimate of drug-likeness (QED) is 0.345. The van der Waals surface area contributed by atoms with Crippen LogP contribution in [0.2, 0.25) is 0 Å². The Kier molecular flexibility index (Phi) is 8.36. The molecular formula is C34H45N7O3S. The maximum atomic E-state index is 13.7. The van der Waals surface area contributed by atoms with E-state index in [2.05, 4.69) is 78.1 Å². The summed E-state index contributed by atoms with van der Waals surface area (Å²) in [6, 6.07) is 14.4. The summed E-state index contributed by atoms with van der Waals surface area (Å²) in [6.45, 7) is 13.3. The number of nitrogens with one attached hydrogen (secondary N) is 3. The van der Waals surface area contributed by atoms with Crippen molar-refractivity contribution >= 4 is 27.6 Å². The van der Waals surface area contributed by atoms with E-state index in [0.29, 0.717) is 30.0 Å². The molecule has 3 aliphatic heterocycles. The molecule has 4 bridgehead atoms. The van der Waals surface area contributed by atoms with Crippen LogP contribution in [0.3, 0.4) is 0 Å². The number of piperidine rings is 1. The second-order valence-corrected chi connectivity index (χ2v) is 16.0. The summed E-state index contributed by atoms with van der Waals surface area (Å²) in [4.78, 5) is 30.5. The fourth-order valence-corrected chi connectivity index (χ4v) is 7.89. The Bertz CT molecular complexity index is 1680. The summed E-state index contributed by atoms with van der Waals surface area (Å²) >= 11 is 0. The maximum Gasteiger partial charge on any atom is 0.281 e. The first kappa shape index (κ1) is 31.4. The molecule has 11 heteroatoms. The molecule has 6 heterocycles. The third-order valence-corrected chi connectivity index (χ3v) is 10.7. The number of hydrogen-bond acceptors (Lipinski definition) is 9. The van der Waals surface area contributed by atoms with E-state index in [1.54, 1.807) is 18.2 Å². The Balaban J connectivity index is 1.42. The fraction of sp³-hybridized carbons (Fsp3) is 0.529. The molecule has 3 aliphatic rings. The lowest BCUT2D eigenvalue weighted by Crippen LogP contribution is -2.41. The maximum absolute atomic E-state index is 13.7. The standard InChI is InChI=1S/C34H45N7O3S/c1-33(2,3)28-15-13-24-31(38-28)41-21-22(20-34(41,4)5)12-14-27(26-9-6-8-25(36-26)23-16-18-35-19-17-23)37-29-10-7-11-30(39-29)45(43,44)40-32(24)42/h6-11,13,15,22-23,27,35H,12,14,16-21H2,1-5H3,(H,37,39)(H,40,42)/t22-,27-/m0/s1. The molecule has 0 aromatic carbocycles. The van der Waals surface area contributed by atoms with Gasteiger partial charge in [0.1, 0.15) is 11.6 Å². The Morgan fingerprint density at radius 1 is 0.889 bits per heavy atom. The summed E-state index contributed by atoms with van der Waals surface area (Å²) in [5, 5.41) is 6.72. The van der Waals surface area contributed by atoms with E-state index >= 15 is 0 Å². The molecule has 2 fully saturated rings. The summed E-state index contributed by atoms with van der Waals surface area (Å²) in [6.07, 6.45) is 4.73. The molecule has 45 heavy (non-hydrogen) atoms. The molecule has 1 amide bonds. The van der Waals surface area contributed by atoms with Crippen molar-refractivity contribution in [3.63, 3.8) is 0 Å². The minimum Gasteiger partial charge on any atom is -0.362 e. The van der Waals surface area contributed by atoms with Crippen molar-refractivity contribution in [2.75, 3.05) is 29.9 Å². The van der Waals surface area contributed by atoms with Crippen LogP contribution in [0.25, 0.3) is 0 Å². The van der Waals surface area contributed by atoms with Gasteiger partial charge in [-0.25, -0.2) is 14.7 Å². The zero-order valence-electron chi connectivity index (χ0n) is 26.9. The van der Waals surface area contributed by atoms with Crippen LogP contribution in [-0.4, -0.2) is 54.5 Å². The molecule has 3 aromatic rings. The van der Waals surface area contributed by atoms with Crippen LogP contribution in [-0.2, 0) is 15.4 Å². The van der Waals surface area contributed by atoms with Crippen molar-refractivity contribution in [1.82, 2.24) is 25.0 Å². The number of aromatic nitrogens is 3. The Morgan fingerprint density at radius 2 is 1.62 bits per heavy atom. The molecule has 0 spiro atoms. The van der Waals surface area contributed by atoms with E-state index in [-0.39, 0.29) is 27.6 Å². The number of pyridine rings is 3. The highest BCUT2D eigenvalue weighted by Crippen LogP contribution is 2.41. The van der Waals surface area contributed by atoms with Gasteiger partial charge in [0, 0.05) is 34.8 Å². The predicted octanol–water partition coefficient (Wildman–Crippen LogP) is 5.31. The predicted molar refractivity (Wildman–Crippen MR) is 176 cm³/mol. The normalized spacial score (nSPS) is 23.7. The van der Waals surface area contributed by atoms with Crippen LogP contribution in [0.5, 0.6) is 0 Å². The van der Waals surface area contributed by atoms with Gasteiger partial charge in [-0.2, -0.15) is 8.42 Å². The van der Waals surface area contributed by atoms with Crippen molar-refractivity contribution in [2.24, 2.45) is 5.92 Å². The Hall–Kier alpha value is -3.57. The summed E-state index contributed by atoms with van der Waals surface area (Å²) in [7, 11) is -4.27. The van der Waals surface area contributed by atoms with E-state index in [0.717, 1.165) is 62.3 Å². The van der Waals surface area contributed by atoms with Crippen molar-refractivity contribution < 1.29 is 13.2 Å². The van der Waals surface area contributed by atoms with E-state index in [9.17, 15) is 13.2 Å². The zero-order chi connectivity index (χ0) is 32.0. The monoisotopic (exact) mass is 631 g/mol. The first-order chi connectivity index (χ1) is 21.3. The fourth-order valence-electron chi connectivity index (χ4n) is 6.96. The molecule has 3 aromatic heterocycles. The lowest BCUT2D eigenvalue weighted by atomic mass is 9.90. The molecule has 0 aliphatic carbocycles. The molecule has 0 saturated carbocycles. The van der Waals surface area contributed by atoms with Crippen LogP contribution in [0.15, 0.2) is 53.6 Å². The molecule has 2 atom stereocenters. The van der Waals surface area contributed by atoms with Crippen LogP contribution in [0.1, 0.15) is 106 Å². The number of fused-ring (bicyclic) bond motifs is 6. The van der Waals surface area contributed by atoms with Crippen molar-refractivity contribution in [1.29, 1.82) is 0 Å². The van der Waals surface area contributed by atoms with Crippen molar-refractivity contribution in [2.45, 2.75) is 94.7 Å². The van der Waals surface area contributed by atoms with Crippen LogP contribution < -0.4 is 20.3 Å². The van der Waals surface area contributed by atoms with Gasteiger partial charge in [-0.3, -0.25) is 9.78 Å². The SMILES string of the molecule is CC(C)(C)c1ccc2c(n1)N1C[C@@H](CC[C@@H](c3cccc(C4CCNCC4)n3)Nc3cccc(n3)S(=O)(=O)NC2=O)CC1(C)C. The Labute approximate surface area is 266 Å². The highest BCUT2D eigenvalue weighted by molar-refractivity contribution is 7.90. The van der Waals surface area contributed by atoms with Crippen molar-refractivity contribution in [3.05, 3.63) is 71.2 Å². The first-order valence-electron chi connectivity index (χ1n) is 16.1. The van der Waals surface area contributed by atoms with Gasteiger partial charge < -0.3 is 15.5 Å². The number of hydrogen-bond donors (Lipinski definition) is 3.